The third-order valence-corrected chi connectivity index (χ3v) is 12.2. The molecule has 0 unspecified atom stereocenters. The summed E-state index contributed by atoms with van der Waals surface area (Å²) in [7, 11) is -2.31. The summed E-state index contributed by atoms with van der Waals surface area (Å²) in [6.45, 7) is 8.35. The highest BCUT2D eigenvalue weighted by Gasteiger charge is 2.44. The number of rotatable bonds is 4. The van der Waals surface area contributed by atoms with E-state index >= 15 is 0 Å². The average molecular weight is 443 g/mol. The average Bonchev–Trinajstić information content (AvgIpc) is 3.28. The Bertz CT molecular complexity index is 1520. The second-order valence-electron chi connectivity index (χ2n) is 9.01. The molecule has 0 fully saturated rings. The molecule has 1 aliphatic rings. The van der Waals surface area contributed by atoms with Gasteiger partial charge in [0.05, 0.1) is 5.52 Å². The first-order valence-corrected chi connectivity index (χ1v) is 13.7. The number of imidazole rings is 1. The molecule has 0 N–H and O–H groups in total. The fourth-order valence-electron chi connectivity index (χ4n) is 5.85. The van der Waals surface area contributed by atoms with Gasteiger partial charge in [0.2, 0.25) is 0 Å². The van der Waals surface area contributed by atoms with Crippen molar-refractivity contribution in [3.8, 4) is 0 Å². The van der Waals surface area contributed by atoms with Crippen molar-refractivity contribution in [2.24, 2.45) is 0 Å². The number of hydrogen-bond acceptors (Lipinski definition) is 1. The molecule has 2 aromatic heterocycles. The van der Waals surface area contributed by atoms with Gasteiger partial charge in [0, 0.05) is 22.8 Å². The maximum absolute atomic E-state index is 4.97. The van der Waals surface area contributed by atoms with E-state index in [0.717, 1.165) is 11.7 Å². The molecule has 0 spiro atoms. The second-order valence-corrected chi connectivity index (χ2v) is 12.9. The molecular weight excluding hydrogens is 416 g/mol. The van der Waals surface area contributed by atoms with Crippen LogP contribution in [0.1, 0.15) is 22.4 Å². The summed E-state index contributed by atoms with van der Waals surface area (Å²) in [4.78, 5) is 4.97. The van der Waals surface area contributed by atoms with E-state index < -0.39 is 8.07 Å². The van der Waals surface area contributed by atoms with Crippen molar-refractivity contribution >= 4 is 46.3 Å². The number of allylic oxidation sites excluding steroid dienone is 2. The van der Waals surface area contributed by atoms with Gasteiger partial charge in [-0.2, -0.15) is 0 Å². The number of aryl methyl sites for hydroxylation is 2. The van der Waals surface area contributed by atoms with Crippen molar-refractivity contribution in [3.63, 3.8) is 0 Å². The maximum atomic E-state index is 4.97. The van der Waals surface area contributed by atoms with Crippen molar-refractivity contribution < 1.29 is 0 Å². The first kappa shape index (κ1) is 20.0. The zero-order chi connectivity index (χ0) is 22.6. The monoisotopic (exact) mass is 442 g/mol. The van der Waals surface area contributed by atoms with Crippen LogP contribution in [0.25, 0.3) is 22.6 Å². The largest absolute Gasteiger partial charge is 0.296 e. The summed E-state index contributed by atoms with van der Waals surface area (Å²) < 4.78 is 2.44. The van der Waals surface area contributed by atoms with Crippen LogP contribution in [0.5, 0.6) is 0 Å². The van der Waals surface area contributed by atoms with Gasteiger partial charge >= 0.3 is 0 Å². The third-order valence-electron chi connectivity index (χ3n) is 7.30. The predicted octanol–water partition coefficient (Wildman–Crippen LogP) is 4.87. The van der Waals surface area contributed by atoms with Gasteiger partial charge in [0.15, 0.2) is 8.07 Å². The summed E-state index contributed by atoms with van der Waals surface area (Å²) in [5.41, 5.74) is 7.48. The third kappa shape index (κ3) is 2.69. The molecule has 3 heteroatoms. The van der Waals surface area contributed by atoms with Crippen LogP contribution in [0.3, 0.4) is 0 Å². The Morgan fingerprint density at radius 2 is 1.58 bits per heavy atom. The SMILES string of the molecule is C=C/C=C\c1c(C)c2c(C)ccc3c2n2c(cnc12)C[Si]3(c1ccccc1)c1ccccc1. The van der Waals surface area contributed by atoms with Gasteiger partial charge in [0.25, 0.3) is 0 Å². The number of benzene rings is 3. The van der Waals surface area contributed by atoms with Gasteiger partial charge in [-0.1, -0.05) is 97.6 Å². The van der Waals surface area contributed by atoms with Gasteiger partial charge in [-0.05, 0) is 46.6 Å². The summed E-state index contributed by atoms with van der Waals surface area (Å²) in [6.07, 6.45) is 8.11. The van der Waals surface area contributed by atoms with Crippen molar-refractivity contribution in [1.29, 1.82) is 0 Å². The molecule has 0 atom stereocenters. The molecule has 3 heterocycles. The van der Waals surface area contributed by atoms with E-state index in [0.29, 0.717) is 0 Å². The van der Waals surface area contributed by atoms with Gasteiger partial charge in [-0.15, -0.1) is 0 Å². The molecule has 0 saturated heterocycles. The lowest BCUT2D eigenvalue weighted by atomic mass is 9.99. The minimum absolute atomic E-state index is 1.00. The van der Waals surface area contributed by atoms with Gasteiger partial charge < -0.3 is 0 Å². The van der Waals surface area contributed by atoms with Crippen molar-refractivity contribution in [2.75, 3.05) is 0 Å². The molecule has 160 valence electrons. The molecule has 1 aliphatic heterocycles. The van der Waals surface area contributed by atoms with Gasteiger partial charge in [-0.25, -0.2) is 4.98 Å². The van der Waals surface area contributed by atoms with Crippen molar-refractivity contribution in [3.05, 3.63) is 120 Å². The lowest BCUT2D eigenvalue weighted by Crippen LogP contribution is -2.70. The molecule has 2 nitrogen and oxygen atoms in total. The molecule has 3 aromatic carbocycles. The van der Waals surface area contributed by atoms with Crippen LogP contribution >= 0.6 is 0 Å². The minimum atomic E-state index is -2.31. The predicted molar refractivity (Wildman–Crippen MR) is 143 cm³/mol. The van der Waals surface area contributed by atoms with Crippen LogP contribution in [0.4, 0.5) is 0 Å². The fourth-order valence-corrected chi connectivity index (χ4v) is 10.7. The molecule has 0 bridgehead atoms. The molecule has 33 heavy (non-hydrogen) atoms. The number of nitrogens with zero attached hydrogens (tertiary/aromatic N) is 2. The quantitative estimate of drug-likeness (QED) is 0.287. The lowest BCUT2D eigenvalue weighted by Gasteiger charge is -2.38. The summed E-state index contributed by atoms with van der Waals surface area (Å²) in [5, 5.41) is 5.75. The van der Waals surface area contributed by atoms with Crippen LogP contribution in [-0.2, 0) is 6.04 Å². The summed E-state index contributed by atoms with van der Waals surface area (Å²) in [6, 6.07) is 28.1. The summed E-state index contributed by atoms with van der Waals surface area (Å²) in [5.74, 6) is 0. The Labute approximate surface area is 195 Å². The molecule has 6 rings (SSSR count). The molecular formula is C30H26N2Si. The highest BCUT2D eigenvalue weighted by Crippen LogP contribution is 2.34. The van der Waals surface area contributed by atoms with E-state index in [9.17, 15) is 0 Å². The Kier molecular flexibility index (Phi) is 4.49. The van der Waals surface area contributed by atoms with E-state index in [-0.39, 0.29) is 0 Å². The molecule has 5 aromatic rings. The summed E-state index contributed by atoms with van der Waals surface area (Å²) >= 11 is 0. The Morgan fingerprint density at radius 1 is 0.909 bits per heavy atom. The number of aromatic nitrogens is 2. The maximum Gasteiger partial charge on any atom is 0.156 e. The van der Waals surface area contributed by atoms with Crippen LogP contribution < -0.4 is 15.6 Å². The Morgan fingerprint density at radius 3 is 2.21 bits per heavy atom. The van der Waals surface area contributed by atoms with Crippen molar-refractivity contribution in [1.82, 2.24) is 9.38 Å². The first-order valence-electron chi connectivity index (χ1n) is 11.5. The lowest BCUT2D eigenvalue weighted by molar-refractivity contribution is 1.10. The number of hydrogen-bond donors (Lipinski definition) is 0. The van der Waals surface area contributed by atoms with E-state index in [1.54, 1.807) is 0 Å². The van der Waals surface area contributed by atoms with E-state index in [1.807, 2.05) is 12.2 Å². The second kappa shape index (κ2) is 7.43. The number of pyridine rings is 1. The molecule has 0 saturated carbocycles. The molecule has 0 aliphatic carbocycles. The standard InChI is InChI=1S/C30H26N2Si/c1-4-5-16-26-22(3)28-21(2)17-18-27-29(28)32-23(19-31-30(26)32)20-33(27,24-12-8-6-9-13-24)25-14-10-7-11-15-25/h4-19H,1,20H2,2-3H3/b16-5-. The van der Waals surface area contributed by atoms with Crippen LogP contribution in [0.2, 0.25) is 0 Å². The van der Waals surface area contributed by atoms with Crippen LogP contribution in [0.15, 0.2) is 97.7 Å². The van der Waals surface area contributed by atoms with Crippen LogP contribution in [-0.4, -0.2) is 17.5 Å². The zero-order valence-electron chi connectivity index (χ0n) is 19.0. The highest BCUT2D eigenvalue weighted by atomic mass is 28.3. The molecule has 0 amide bonds. The van der Waals surface area contributed by atoms with Crippen LogP contribution in [0, 0.1) is 13.8 Å². The van der Waals surface area contributed by atoms with Gasteiger partial charge in [0.1, 0.15) is 5.65 Å². The van der Waals surface area contributed by atoms with E-state index in [1.165, 1.54) is 48.8 Å². The normalized spacial score (nSPS) is 14.5. The highest BCUT2D eigenvalue weighted by molar-refractivity contribution is 7.12. The fraction of sp³-hybridized carbons (Fsp3) is 0.100. The van der Waals surface area contributed by atoms with E-state index in [4.69, 9.17) is 4.98 Å². The van der Waals surface area contributed by atoms with Crippen molar-refractivity contribution in [2.45, 2.75) is 19.9 Å². The minimum Gasteiger partial charge on any atom is -0.296 e. The van der Waals surface area contributed by atoms with Gasteiger partial charge in [-0.3, -0.25) is 4.40 Å². The first-order chi connectivity index (χ1) is 16.2. The topological polar surface area (TPSA) is 17.3 Å². The molecule has 0 radical (unpaired) electrons. The van der Waals surface area contributed by atoms with E-state index in [2.05, 4.69) is 110 Å². The Hall–Kier alpha value is -3.69. The zero-order valence-corrected chi connectivity index (χ0v) is 20.0. The smallest absolute Gasteiger partial charge is 0.156 e. The Balaban J connectivity index is 1.83.